The fourth-order valence-electron chi connectivity index (χ4n) is 2.13. The van der Waals surface area contributed by atoms with E-state index in [0.717, 1.165) is 16.0 Å². The zero-order valence-corrected chi connectivity index (χ0v) is 14.0. The molecule has 0 saturated carbocycles. The van der Waals surface area contributed by atoms with Crippen LogP contribution in [0.2, 0.25) is 0 Å². The van der Waals surface area contributed by atoms with Crippen LogP contribution >= 0.6 is 11.3 Å². The van der Waals surface area contributed by atoms with Crippen molar-refractivity contribution in [3.8, 4) is 0 Å². The smallest absolute Gasteiger partial charge is 0.241 e. The number of hydrogen-bond acceptors (Lipinski definition) is 5. The van der Waals surface area contributed by atoms with Gasteiger partial charge in [0.25, 0.3) is 0 Å². The summed E-state index contributed by atoms with van der Waals surface area (Å²) in [5, 5.41) is 8.95. The monoisotopic (exact) mass is 328 g/mol. The standard InChI is InChI=1S/C13H20N4O2S2/c1-10-9-20-12(7-14-2)13(10)21(18,19)16-5-4-11-6-15-17(3)8-11/h6,8-9,14,16H,4-5,7H2,1-3H3. The van der Waals surface area contributed by atoms with Crippen molar-refractivity contribution in [1.29, 1.82) is 0 Å². The second-order valence-electron chi connectivity index (χ2n) is 4.87. The molecule has 2 N–H and O–H groups in total. The third-order valence-electron chi connectivity index (χ3n) is 3.06. The number of nitrogens with zero attached hydrogens (tertiary/aromatic N) is 2. The highest BCUT2D eigenvalue weighted by atomic mass is 32.2. The average molecular weight is 328 g/mol. The Hall–Kier alpha value is -1.22. The van der Waals surface area contributed by atoms with Crippen LogP contribution in [0.15, 0.2) is 22.7 Å². The molecule has 2 rings (SSSR count). The lowest BCUT2D eigenvalue weighted by Gasteiger charge is -2.08. The van der Waals surface area contributed by atoms with Crippen LogP contribution in [0.4, 0.5) is 0 Å². The number of aromatic nitrogens is 2. The Bertz CT molecular complexity index is 704. The molecule has 2 heterocycles. The van der Waals surface area contributed by atoms with Gasteiger partial charge in [0.1, 0.15) is 4.90 Å². The van der Waals surface area contributed by atoms with E-state index in [-0.39, 0.29) is 0 Å². The third kappa shape index (κ3) is 3.91. The minimum absolute atomic E-state index is 0.363. The molecule has 0 unspecified atom stereocenters. The van der Waals surface area contributed by atoms with Crippen molar-refractivity contribution in [3.05, 3.63) is 33.8 Å². The van der Waals surface area contributed by atoms with Gasteiger partial charge in [-0.2, -0.15) is 5.10 Å². The Morgan fingerprint density at radius 2 is 2.19 bits per heavy atom. The first-order valence-corrected chi connectivity index (χ1v) is 8.99. The third-order valence-corrected chi connectivity index (χ3v) is 5.98. The Labute approximate surface area is 129 Å². The van der Waals surface area contributed by atoms with Crippen LogP contribution in [0.3, 0.4) is 0 Å². The van der Waals surface area contributed by atoms with Gasteiger partial charge in [0.15, 0.2) is 0 Å². The topological polar surface area (TPSA) is 76.0 Å². The van der Waals surface area contributed by atoms with Crippen molar-refractivity contribution in [3.63, 3.8) is 0 Å². The summed E-state index contributed by atoms with van der Waals surface area (Å²) in [6.07, 6.45) is 4.25. The van der Waals surface area contributed by atoms with Crippen LogP contribution < -0.4 is 10.0 Å². The van der Waals surface area contributed by atoms with Gasteiger partial charge in [-0.25, -0.2) is 13.1 Å². The summed E-state index contributed by atoms with van der Waals surface area (Å²) in [6, 6.07) is 0. The average Bonchev–Trinajstić information content (AvgIpc) is 2.97. The first-order valence-electron chi connectivity index (χ1n) is 6.63. The lowest BCUT2D eigenvalue weighted by molar-refractivity contribution is 0.580. The van der Waals surface area contributed by atoms with E-state index in [1.54, 1.807) is 17.9 Å². The van der Waals surface area contributed by atoms with Crippen molar-refractivity contribution in [2.75, 3.05) is 13.6 Å². The molecule has 0 atom stereocenters. The van der Waals surface area contributed by atoms with Crippen LogP contribution in [0, 0.1) is 6.92 Å². The summed E-state index contributed by atoms with van der Waals surface area (Å²) in [5.41, 5.74) is 1.80. The molecule has 0 aliphatic carbocycles. The van der Waals surface area contributed by atoms with Gasteiger partial charge in [0, 0.05) is 31.2 Å². The zero-order chi connectivity index (χ0) is 15.5. The molecule has 8 heteroatoms. The van der Waals surface area contributed by atoms with E-state index in [1.807, 2.05) is 25.5 Å². The van der Waals surface area contributed by atoms with Gasteiger partial charge >= 0.3 is 0 Å². The lowest BCUT2D eigenvalue weighted by Crippen LogP contribution is -2.27. The minimum Gasteiger partial charge on any atom is -0.315 e. The lowest BCUT2D eigenvalue weighted by atomic mass is 10.3. The van der Waals surface area contributed by atoms with Gasteiger partial charge < -0.3 is 5.32 Å². The summed E-state index contributed by atoms with van der Waals surface area (Å²) in [7, 11) is 0.176. The molecule has 0 aromatic carbocycles. The number of thiophene rings is 1. The molecule has 6 nitrogen and oxygen atoms in total. The fourth-order valence-corrected chi connectivity index (χ4v) is 4.98. The highest BCUT2D eigenvalue weighted by Crippen LogP contribution is 2.26. The summed E-state index contributed by atoms with van der Waals surface area (Å²) in [6.45, 7) is 2.74. The predicted octanol–water partition coefficient (Wildman–Crippen LogP) is 1.03. The van der Waals surface area contributed by atoms with E-state index in [4.69, 9.17) is 0 Å². The van der Waals surface area contributed by atoms with Crippen molar-refractivity contribution >= 4 is 21.4 Å². The number of sulfonamides is 1. The first kappa shape index (κ1) is 16.2. The van der Waals surface area contributed by atoms with E-state index in [9.17, 15) is 8.42 Å². The molecule has 0 radical (unpaired) electrons. The molecule has 0 bridgehead atoms. The van der Waals surface area contributed by atoms with E-state index in [2.05, 4.69) is 15.1 Å². The van der Waals surface area contributed by atoms with Crippen LogP contribution in [-0.4, -0.2) is 31.8 Å². The maximum absolute atomic E-state index is 12.5. The second kappa shape index (κ2) is 6.69. The minimum atomic E-state index is -3.47. The summed E-state index contributed by atoms with van der Waals surface area (Å²) >= 11 is 1.47. The molecule has 0 fully saturated rings. The zero-order valence-electron chi connectivity index (χ0n) is 12.4. The molecule has 2 aromatic rings. The quantitative estimate of drug-likeness (QED) is 0.796. The highest BCUT2D eigenvalue weighted by molar-refractivity contribution is 7.89. The van der Waals surface area contributed by atoms with Gasteiger partial charge in [-0.3, -0.25) is 4.68 Å². The number of rotatable bonds is 7. The Morgan fingerprint density at radius 3 is 2.81 bits per heavy atom. The van der Waals surface area contributed by atoms with E-state index >= 15 is 0 Å². The van der Waals surface area contributed by atoms with Gasteiger partial charge in [-0.1, -0.05) is 0 Å². The van der Waals surface area contributed by atoms with Crippen molar-refractivity contribution in [1.82, 2.24) is 19.8 Å². The van der Waals surface area contributed by atoms with Gasteiger partial charge in [0.05, 0.1) is 6.20 Å². The van der Waals surface area contributed by atoms with Crippen molar-refractivity contribution in [2.24, 2.45) is 7.05 Å². The Kier molecular flexibility index (Phi) is 5.15. The molecule has 2 aromatic heterocycles. The fraction of sp³-hybridized carbons (Fsp3) is 0.462. The van der Waals surface area contributed by atoms with Crippen molar-refractivity contribution < 1.29 is 8.42 Å². The molecule has 0 amide bonds. The highest BCUT2D eigenvalue weighted by Gasteiger charge is 2.22. The van der Waals surface area contributed by atoms with Crippen molar-refractivity contribution in [2.45, 2.75) is 24.8 Å². The van der Waals surface area contributed by atoms with Gasteiger partial charge in [-0.05, 0) is 36.9 Å². The normalized spacial score (nSPS) is 12.0. The number of hydrogen-bond donors (Lipinski definition) is 2. The molecular weight excluding hydrogens is 308 g/mol. The predicted molar refractivity (Wildman–Crippen MR) is 83.9 cm³/mol. The molecule has 0 aliphatic heterocycles. The molecule has 0 aliphatic rings. The maximum Gasteiger partial charge on any atom is 0.241 e. The van der Waals surface area contributed by atoms with E-state index in [0.29, 0.717) is 24.4 Å². The summed E-state index contributed by atoms with van der Waals surface area (Å²) < 4.78 is 29.3. The molecule has 0 spiro atoms. The molecular formula is C13H20N4O2S2. The van der Waals surface area contributed by atoms with Crippen LogP contribution in [0.25, 0.3) is 0 Å². The van der Waals surface area contributed by atoms with E-state index < -0.39 is 10.0 Å². The van der Waals surface area contributed by atoms with Gasteiger partial charge in [0.2, 0.25) is 10.0 Å². The second-order valence-corrected chi connectivity index (χ2v) is 7.54. The largest absolute Gasteiger partial charge is 0.315 e. The summed E-state index contributed by atoms with van der Waals surface area (Å²) in [4.78, 5) is 1.25. The molecule has 116 valence electrons. The van der Waals surface area contributed by atoms with Crippen LogP contribution in [-0.2, 0) is 30.0 Å². The Balaban J connectivity index is 2.06. The van der Waals surface area contributed by atoms with Crippen LogP contribution in [0.1, 0.15) is 16.0 Å². The molecule has 0 saturated heterocycles. The summed E-state index contributed by atoms with van der Waals surface area (Å²) in [5.74, 6) is 0. The SMILES string of the molecule is CNCc1scc(C)c1S(=O)(=O)NCCc1cnn(C)c1. The number of aryl methyl sites for hydroxylation is 2. The maximum atomic E-state index is 12.5. The van der Waals surface area contributed by atoms with E-state index in [1.165, 1.54) is 11.3 Å². The molecule has 21 heavy (non-hydrogen) atoms. The number of nitrogens with one attached hydrogen (secondary N) is 2. The van der Waals surface area contributed by atoms with Crippen LogP contribution in [0.5, 0.6) is 0 Å². The Morgan fingerprint density at radius 1 is 1.43 bits per heavy atom. The first-order chi connectivity index (χ1) is 9.94. The van der Waals surface area contributed by atoms with Gasteiger partial charge in [-0.15, -0.1) is 11.3 Å².